The lowest BCUT2D eigenvalue weighted by Crippen LogP contribution is -2.39. The Hall–Kier alpha value is -2.29. The zero-order valence-electron chi connectivity index (χ0n) is 10.6. The fourth-order valence-electron chi connectivity index (χ4n) is 2.35. The summed E-state index contributed by atoms with van der Waals surface area (Å²) in [6.07, 6.45) is 1.69. The fraction of sp³-hybridized carbons (Fsp3) is 0.188. The highest BCUT2D eigenvalue weighted by atomic mass is 16.2. The smallest absolute Gasteiger partial charge is 0.246 e. The van der Waals surface area contributed by atoms with Gasteiger partial charge in [-0.3, -0.25) is 4.79 Å². The highest BCUT2D eigenvalue weighted by molar-refractivity contribution is 6.02. The Bertz CT molecular complexity index is 580. The van der Waals surface area contributed by atoms with Crippen molar-refractivity contribution in [2.75, 3.05) is 10.6 Å². The highest BCUT2D eigenvalue weighted by Gasteiger charge is 2.24. The maximum atomic E-state index is 12.0. The van der Waals surface area contributed by atoms with Crippen LogP contribution in [-0.4, -0.2) is 11.9 Å². The van der Waals surface area contributed by atoms with E-state index in [-0.39, 0.29) is 11.9 Å². The van der Waals surface area contributed by atoms with Crippen LogP contribution in [0.25, 0.3) is 0 Å². The first kappa shape index (κ1) is 11.8. The van der Waals surface area contributed by atoms with E-state index in [4.69, 9.17) is 0 Å². The van der Waals surface area contributed by atoms with Crippen LogP contribution in [0.5, 0.6) is 0 Å². The molecule has 96 valence electrons. The summed E-state index contributed by atoms with van der Waals surface area (Å²) in [6, 6.07) is 17.9. The van der Waals surface area contributed by atoms with E-state index in [0.29, 0.717) is 0 Å². The van der Waals surface area contributed by atoms with Crippen molar-refractivity contribution in [3.8, 4) is 0 Å². The van der Waals surface area contributed by atoms with Gasteiger partial charge in [0.2, 0.25) is 5.91 Å². The lowest BCUT2D eigenvalue weighted by atomic mass is 10.0. The minimum atomic E-state index is -0.157. The zero-order chi connectivity index (χ0) is 13.1. The number of aryl methyl sites for hydroxylation is 1. The second kappa shape index (κ2) is 5.14. The molecule has 0 fully saturated rings. The molecule has 0 radical (unpaired) electrons. The third kappa shape index (κ3) is 2.60. The average Bonchev–Trinajstić information content (AvgIpc) is 2.46. The molecule has 2 aromatic rings. The van der Waals surface area contributed by atoms with Crippen LogP contribution in [0.3, 0.4) is 0 Å². The van der Waals surface area contributed by atoms with Crippen molar-refractivity contribution < 1.29 is 4.79 Å². The van der Waals surface area contributed by atoms with Crippen molar-refractivity contribution in [2.45, 2.75) is 18.9 Å². The van der Waals surface area contributed by atoms with E-state index in [2.05, 4.69) is 22.8 Å². The second-order valence-corrected chi connectivity index (χ2v) is 4.76. The molecule has 1 unspecified atom stereocenters. The normalized spacial score (nSPS) is 17.3. The number of hydrogen-bond acceptors (Lipinski definition) is 2. The van der Waals surface area contributed by atoms with Gasteiger partial charge in [0.05, 0.1) is 11.4 Å². The van der Waals surface area contributed by atoms with Crippen molar-refractivity contribution in [3.05, 3.63) is 60.2 Å². The highest BCUT2D eigenvalue weighted by Crippen LogP contribution is 2.27. The fourth-order valence-corrected chi connectivity index (χ4v) is 2.35. The first-order valence-electron chi connectivity index (χ1n) is 6.53. The SMILES string of the molecule is O=C1Nc2ccccc2NC1CCc1ccccc1. The topological polar surface area (TPSA) is 41.1 Å². The van der Waals surface area contributed by atoms with Gasteiger partial charge in [-0.1, -0.05) is 42.5 Å². The minimum Gasteiger partial charge on any atom is -0.372 e. The molecule has 1 amide bonds. The number of carbonyl (C=O) groups excluding carboxylic acids is 1. The maximum Gasteiger partial charge on any atom is 0.246 e. The summed E-state index contributed by atoms with van der Waals surface area (Å²) >= 11 is 0. The first-order valence-corrected chi connectivity index (χ1v) is 6.53. The Morgan fingerprint density at radius 2 is 1.58 bits per heavy atom. The van der Waals surface area contributed by atoms with Crippen LogP contribution >= 0.6 is 0 Å². The van der Waals surface area contributed by atoms with Gasteiger partial charge in [0.25, 0.3) is 0 Å². The van der Waals surface area contributed by atoms with Crippen molar-refractivity contribution >= 4 is 17.3 Å². The molecule has 2 aromatic carbocycles. The van der Waals surface area contributed by atoms with E-state index in [1.165, 1.54) is 5.56 Å². The molecule has 3 heteroatoms. The Labute approximate surface area is 112 Å². The van der Waals surface area contributed by atoms with E-state index in [1.807, 2.05) is 42.5 Å². The molecule has 2 N–H and O–H groups in total. The van der Waals surface area contributed by atoms with E-state index in [1.54, 1.807) is 0 Å². The Morgan fingerprint density at radius 3 is 2.37 bits per heavy atom. The Morgan fingerprint density at radius 1 is 0.895 bits per heavy atom. The molecule has 0 saturated heterocycles. The van der Waals surface area contributed by atoms with Crippen molar-refractivity contribution in [1.82, 2.24) is 0 Å². The van der Waals surface area contributed by atoms with E-state index in [9.17, 15) is 4.79 Å². The van der Waals surface area contributed by atoms with Gasteiger partial charge in [-0.2, -0.15) is 0 Å². The first-order chi connectivity index (χ1) is 9.33. The lowest BCUT2D eigenvalue weighted by Gasteiger charge is -2.26. The van der Waals surface area contributed by atoms with Gasteiger partial charge < -0.3 is 10.6 Å². The minimum absolute atomic E-state index is 0.0506. The van der Waals surface area contributed by atoms with Gasteiger partial charge in [-0.15, -0.1) is 0 Å². The summed E-state index contributed by atoms with van der Waals surface area (Å²) in [6.45, 7) is 0. The molecule has 3 rings (SSSR count). The summed E-state index contributed by atoms with van der Waals surface area (Å²) in [5.74, 6) is 0.0506. The van der Waals surface area contributed by atoms with Crippen molar-refractivity contribution in [3.63, 3.8) is 0 Å². The molecular formula is C16H16N2O. The summed E-state index contributed by atoms with van der Waals surface area (Å²) in [4.78, 5) is 12.0. The van der Waals surface area contributed by atoms with Gasteiger partial charge in [-0.05, 0) is 30.5 Å². The second-order valence-electron chi connectivity index (χ2n) is 4.76. The van der Waals surface area contributed by atoms with Crippen LogP contribution in [0.2, 0.25) is 0 Å². The average molecular weight is 252 g/mol. The van der Waals surface area contributed by atoms with Crippen LogP contribution in [0.4, 0.5) is 11.4 Å². The Kier molecular flexibility index (Phi) is 3.19. The number of fused-ring (bicyclic) bond motifs is 1. The number of hydrogen-bond donors (Lipinski definition) is 2. The van der Waals surface area contributed by atoms with Crippen molar-refractivity contribution in [1.29, 1.82) is 0 Å². The predicted molar refractivity (Wildman–Crippen MR) is 77.2 cm³/mol. The van der Waals surface area contributed by atoms with E-state index < -0.39 is 0 Å². The molecule has 0 aromatic heterocycles. The van der Waals surface area contributed by atoms with Crippen LogP contribution in [0, 0.1) is 0 Å². The van der Waals surface area contributed by atoms with Gasteiger partial charge in [0.15, 0.2) is 0 Å². The molecule has 0 spiro atoms. The van der Waals surface area contributed by atoms with Gasteiger partial charge >= 0.3 is 0 Å². The molecule has 0 aliphatic carbocycles. The molecule has 1 atom stereocenters. The predicted octanol–water partition coefficient (Wildman–Crippen LogP) is 3.05. The summed E-state index contributed by atoms with van der Waals surface area (Å²) < 4.78 is 0. The maximum absolute atomic E-state index is 12.0. The molecule has 3 nitrogen and oxygen atoms in total. The van der Waals surface area contributed by atoms with Crippen LogP contribution in [-0.2, 0) is 11.2 Å². The third-order valence-corrected chi connectivity index (χ3v) is 3.40. The lowest BCUT2D eigenvalue weighted by molar-refractivity contribution is -0.117. The number of rotatable bonds is 3. The quantitative estimate of drug-likeness (QED) is 0.881. The molecule has 0 bridgehead atoms. The zero-order valence-corrected chi connectivity index (χ0v) is 10.6. The van der Waals surface area contributed by atoms with Gasteiger partial charge in [-0.25, -0.2) is 0 Å². The number of nitrogens with one attached hydrogen (secondary N) is 2. The summed E-state index contributed by atoms with van der Waals surface area (Å²) in [5.41, 5.74) is 3.12. The standard InChI is InChI=1S/C16H16N2O/c19-16-15(11-10-12-6-2-1-3-7-12)17-13-8-4-5-9-14(13)18-16/h1-9,15,17H,10-11H2,(H,18,19). The molecular weight excluding hydrogens is 236 g/mol. The number of carbonyl (C=O) groups is 1. The number of amides is 1. The van der Waals surface area contributed by atoms with Crippen LogP contribution in [0.1, 0.15) is 12.0 Å². The monoisotopic (exact) mass is 252 g/mol. The number of para-hydroxylation sites is 2. The van der Waals surface area contributed by atoms with Gasteiger partial charge in [0.1, 0.15) is 6.04 Å². The van der Waals surface area contributed by atoms with Crippen LogP contribution < -0.4 is 10.6 Å². The third-order valence-electron chi connectivity index (χ3n) is 3.40. The molecule has 1 heterocycles. The van der Waals surface area contributed by atoms with Crippen molar-refractivity contribution in [2.24, 2.45) is 0 Å². The van der Waals surface area contributed by atoms with E-state index in [0.717, 1.165) is 24.2 Å². The molecule has 19 heavy (non-hydrogen) atoms. The van der Waals surface area contributed by atoms with Gasteiger partial charge in [0, 0.05) is 0 Å². The molecule has 0 saturated carbocycles. The van der Waals surface area contributed by atoms with E-state index >= 15 is 0 Å². The largest absolute Gasteiger partial charge is 0.372 e. The van der Waals surface area contributed by atoms with Crippen LogP contribution in [0.15, 0.2) is 54.6 Å². The molecule has 1 aliphatic heterocycles. The summed E-state index contributed by atoms with van der Waals surface area (Å²) in [7, 11) is 0. The Balaban J connectivity index is 1.68. The number of anilines is 2. The molecule has 1 aliphatic rings. The number of benzene rings is 2. The summed E-state index contributed by atoms with van der Waals surface area (Å²) in [5, 5.41) is 6.25.